The zero-order chi connectivity index (χ0) is 22.2. The molecular weight excluding hydrogens is 396 g/mol. The zero-order valence-corrected chi connectivity index (χ0v) is 17.4. The number of aromatic hydroxyl groups is 2. The van der Waals surface area contributed by atoms with E-state index in [1.54, 1.807) is 31.4 Å². The smallest absolute Gasteiger partial charge is 0.189 e. The van der Waals surface area contributed by atoms with Crippen molar-refractivity contribution in [2.45, 2.75) is 13.5 Å². The number of carbonyl (C=O) groups excluding carboxylic acids is 1. The van der Waals surface area contributed by atoms with Crippen LogP contribution in [0.5, 0.6) is 28.7 Å². The van der Waals surface area contributed by atoms with Crippen molar-refractivity contribution in [1.82, 2.24) is 0 Å². The van der Waals surface area contributed by atoms with Gasteiger partial charge < -0.3 is 24.4 Å². The Hall–Kier alpha value is -3.93. The second-order valence-corrected chi connectivity index (χ2v) is 6.67. The summed E-state index contributed by atoms with van der Waals surface area (Å²) in [6.07, 6.45) is 2.97. The second-order valence-electron chi connectivity index (χ2n) is 6.67. The Morgan fingerprint density at radius 2 is 1.68 bits per heavy atom. The summed E-state index contributed by atoms with van der Waals surface area (Å²) in [7, 11) is 1.61. The van der Waals surface area contributed by atoms with Crippen LogP contribution < -0.4 is 14.2 Å². The average molecular weight is 420 g/mol. The topological polar surface area (TPSA) is 85.2 Å². The Morgan fingerprint density at radius 3 is 2.35 bits per heavy atom. The average Bonchev–Trinajstić information content (AvgIpc) is 2.77. The number of carbonyl (C=O) groups is 1. The van der Waals surface area contributed by atoms with Crippen molar-refractivity contribution in [3.05, 3.63) is 83.4 Å². The van der Waals surface area contributed by atoms with Gasteiger partial charge in [-0.05, 0) is 61.0 Å². The first-order valence-corrected chi connectivity index (χ1v) is 9.77. The predicted molar refractivity (Wildman–Crippen MR) is 118 cm³/mol. The van der Waals surface area contributed by atoms with E-state index in [2.05, 4.69) is 0 Å². The molecule has 3 aromatic carbocycles. The van der Waals surface area contributed by atoms with Gasteiger partial charge in [0.05, 0.1) is 19.3 Å². The van der Waals surface area contributed by atoms with Gasteiger partial charge in [0.15, 0.2) is 5.78 Å². The predicted octanol–water partition coefficient (Wildman–Crippen LogP) is 4.98. The van der Waals surface area contributed by atoms with Gasteiger partial charge in [-0.25, -0.2) is 0 Å². The van der Waals surface area contributed by atoms with Crippen LogP contribution in [0.25, 0.3) is 6.08 Å². The van der Waals surface area contributed by atoms with Crippen molar-refractivity contribution in [1.29, 1.82) is 0 Å². The standard InChI is InChI=1S/C25H24O6/c1-3-30-21-11-6-18(7-13-23(27)22-12-8-19(26)14-24(22)28)25(15-21)31-16-17-4-9-20(29-2)10-5-17/h4-15,26,28H,3,16H2,1-2H3. The Balaban J connectivity index is 1.81. The van der Waals surface area contributed by atoms with Crippen molar-refractivity contribution < 1.29 is 29.2 Å². The molecule has 0 radical (unpaired) electrons. The van der Waals surface area contributed by atoms with E-state index in [0.717, 1.165) is 17.4 Å². The van der Waals surface area contributed by atoms with Crippen LogP contribution in [0.2, 0.25) is 0 Å². The van der Waals surface area contributed by atoms with E-state index in [1.807, 2.05) is 31.2 Å². The molecule has 3 rings (SSSR count). The maximum atomic E-state index is 12.5. The molecule has 0 atom stereocenters. The molecule has 0 saturated carbocycles. The number of benzene rings is 3. The molecule has 0 heterocycles. The summed E-state index contributed by atoms with van der Waals surface area (Å²) >= 11 is 0. The lowest BCUT2D eigenvalue weighted by molar-refractivity contribution is 0.104. The molecule has 0 fully saturated rings. The lowest BCUT2D eigenvalue weighted by Crippen LogP contribution is -1.99. The molecule has 6 nitrogen and oxygen atoms in total. The van der Waals surface area contributed by atoms with Crippen LogP contribution in [-0.4, -0.2) is 29.7 Å². The van der Waals surface area contributed by atoms with Gasteiger partial charge in [0, 0.05) is 17.7 Å². The van der Waals surface area contributed by atoms with Crippen molar-refractivity contribution in [2.75, 3.05) is 13.7 Å². The largest absolute Gasteiger partial charge is 0.508 e. The van der Waals surface area contributed by atoms with Crippen LogP contribution in [-0.2, 0) is 6.61 Å². The van der Waals surface area contributed by atoms with E-state index in [4.69, 9.17) is 14.2 Å². The fourth-order valence-corrected chi connectivity index (χ4v) is 2.90. The Kier molecular flexibility index (Phi) is 7.17. The lowest BCUT2D eigenvalue weighted by atomic mass is 10.1. The van der Waals surface area contributed by atoms with Gasteiger partial charge in [-0.1, -0.05) is 12.1 Å². The number of ketones is 1. The van der Waals surface area contributed by atoms with E-state index < -0.39 is 5.78 Å². The number of hydrogen-bond donors (Lipinski definition) is 2. The van der Waals surface area contributed by atoms with Gasteiger partial charge in [0.1, 0.15) is 35.4 Å². The van der Waals surface area contributed by atoms with Gasteiger partial charge in [0.2, 0.25) is 0 Å². The van der Waals surface area contributed by atoms with Crippen LogP contribution in [0.15, 0.2) is 66.7 Å². The van der Waals surface area contributed by atoms with Gasteiger partial charge in [-0.3, -0.25) is 4.79 Å². The minimum atomic E-state index is -0.396. The summed E-state index contributed by atoms with van der Waals surface area (Å²) in [5.74, 6) is 1.19. The molecule has 0 amide bonds. The quantitative estimate of drug-likeness (QED) is 0.375. The van der Waals surface area contributed by atoms with Gasteiger partial charge in [-0.2, -0.15) is 0 Å². The van der Waals surface area contributed by atoms with Crippen molar-refractivity contribution in [2.24, 2.45) is 0 Å². The fraction of sp³-hybridized carbons (Fsp3) is 0.160. The number of phenolic OH excluding ortho intramolecular Hbond substituents is 2. The maximum Gasteiger partial charge on any atom is 0.189 e. The third kappa shape index (κ3) is 5.79. The monoisotopic (exact) mass is 420 g/mol. The van der Waals surface area contributed by atoms with E-state index in [0.29, 0.717) is 30.3 Å². The molecule has 0 unspecified atom stereocenters. The summed E-state index contributed by atoms with van der Waals surface area (Å²) in [5.41, 5.74) is 1.74. The van der Waals surface area contributed by atoms with Crippen molar-refractivity contribution in [3.8, 4) is 28.7 Å². The molecular formula is C25H24O6. The highest BCUT2D eigenvalue weighted by Crippen LogP contribution is 2.28. The minimum Gasteiger partial charge on any atom is -0.508 e. The molecule has 6 heteroatoms. The van der Waals surface area contributed by atoms with E-state index in [1.165, 1.54) is 18.2 Å². The number of rotatable bonds is 9. The number of hydrogen-bond acceptors (Lipinski definition) is 6. The van der Waals surface area contributed by atoms with Crippen LogP contribution >= 0.6 is 0 Å². The maximum absolute atomic E-state index is 12.5. The fourth-order valence-electron chi connectivity index (χ4n) is 2.90. The number of ether oxygens (including phenoxy) is 3. The first-order valence-electron chi connectivity index (χ1n) is 9.77. The third-order valence-corrected chi connectivity index (χ3v) is 4.51. The highest BCUT2D eigenvalue weighted by molar-refractivity contribution is 6.08. The van der Waals surface area contributed by atoms with Crippen LogP contribution in [0.1, 0.15) is 28.4 Å². The second kappa shape index (κ2) is 10.2. The molecule has 0 aliphatic carbocycles. The van der Waals surface area contributed by atoms with E-state index in [9.17, 15) is 15.0 Å². The minimum absolute atomic E-state index is 0.0979. The first-order chi connectivity index (χ1) is 15.0. The van der Waals surface area contributed by atoms with Gasteiger partial charge in [-0.15, -0.1) is 0 Å². The molecule has 0 spiro atoms. The van der Waals surface area contributed by atoms with E-state index >= 15 is 0 Å². The highest BCUT2D eigenvalue weighted by atomic mass is 16.5. The normalized spacial score (nSPS) is 10.8. The summed E-state index contributed by atoms with van der Waals surface area (Å²) in [6, 6.07) is 16.8. The summed E-state index contributed by atoms with van der Waals surface area (Å²) in [4.78, 5) is 12.5. The zero-order valence-electron chi connectivity index (χ0n) is 17.4. The SMILES string of the molecule is CCOc1ccc(C=CC(=O)c2ccc(O)cc2O)c(OCc2ccc(OC)cc2)c1. The highest BCUT2D eigenvalue weighted by Gasteiger charge is 2.10. The summed E-state index contributed by atoms with van der Waals surface area (Å²) in [6.45, 7) is 2.74. The molecule has 3 aromatic rings. The first kappa shape index (κ1) is 21.8. The number of phenols is 2. The molecule has 31 heavy (non-hydrogen) atoms. The summed E-state index contributed by atoms with van der Waals surface area (Å²) < 4.78 is 16.7. The number of allylic oxidation sites excluding steroid dienone is 1. The Bertz CT molecular complexity index is 1070. The van der Waals surface area contributed by atoms with Crippen LogP contribution in [0.3, 0.4) is 0 Å². The van der Waals surface area contributed by atoms with Gasteiger partial charge >= 0.3 is 0 Å². The molecule has 0 aliphatic heterocycles. The van der Waals surface area contributed by atoms with Gasteiger partial charge in [0.25, 0.3) is 0 Å². The Labute approximate surface area is 181 Å². The van der Waals surface area contributed by atoms with E-state index in [-0.39, 0.29) is 17.1 Å². The van der Waals surface area contributed by atoms with Crippen LogP contribution in [0.4, 0.5) is 0 Å². The summed E-state index contributed by atoms with van der Waals surface area (Å²) in [5, 5.41) is 19.3. The Morgan fingerprint density at radius 1 is 0.935 bits per heavy atom. The van der Waals surface area contributed by atoms with Crippen molar-refractivity contribution in [3.63, 3.8) is 0 Å². The third-order valence-electron chi connectivity index (χ3n) is 4.51. The molecule has 0 aromatic heterocycles. The van der Waals surface area contributed by atoms with Crippen LogP contribution in [0, 0.1) is 0 Å². The molecule has 0 aliphatic rings. The molecule has 160 valence electrons. The molecule has 0 saturated heterocycles. The number of methoxy groups -OCH3 is 1. The lowest BCUT2D eigenvalue weighted by Gasteiger charge is -2.12. The molecule has 2 N–H and O–H groups in total. The van der Waals surface area contributed by atoms with Crippen molar-refractivity contribution >= 4 is 11.9 Å². The molecule has 0 bridgehead atoms.